The molecule has 1 aromatic heterocycles. The minimum atomic E-state index is -1.23. The topological polar surface area (TPSA) is 79.7 Å². The summed E-state index contributed by atoms with van der Waals surface area (Å²) in [6, 6.07) is 8.47. The minimum absolute atomic E-state index is 0.0760. The quantitative estimate of drug-likeness (QED) is 0.212. The van der Waals surface area contributed by atoms with Crippen LogP contribution < -0.4 is 4.74 Å². The van der Waals surface area contributed by atoms with Gasteiger partial charge in [0.25, 0.3) is 0 Å². The molecule has 0 bridgehead atoms. The Morgan fingerprint density at radius 3 is 2.76 bits per heavy atom. The van der Waals surface area contributed by atoms with Gasteiger partial charge in [0.2, 0.25) is 0 Å². The van der Waals surface area contributed by atoms with Crippen molar-refractivity contribution in [2.45, 2.75) is 24.2 Å². The Kier molecular flexibility index (Phi) is 8.71. The van der Waals surface area contributed by atoms with E-state index >= 15 is 0 Å². The summed E-state index contributed by atoms with van der Waals surface area (Å²) < 4.78 is 46.0. The summed E-state index contributed by atoms with van der Waals surface area (Å²) in [6.07, 6.45) is 2.84. The maximum Gasteiger partial charge on any atom is 0.308 e. The zero-order valence-corrected chi connectivity index (χ0v) is 21.1. The van der Waals surface area contributed by atoms with Crippen LogP contribution in [0.2, 0.25) is 0 Å². The molecule has 6 nitrogen and oxygen atoms in total. The number of piperidine rings is 1. The number of fused-ring (bicyclic) bond motifs is 1. The fourth-order valence-corrected chi connectivity index (χ4v) is 5.75. The van der Waals surface area contributed by atoms with Crippen LogP contribution in [0, 0.1) is 29.3 Å². The molecule has 196 valence electrons. The molecule has 10 heteroatoms. The highest BCUT2D eigenvalue weighted by Crippen LogP contribution is 2.31. The van der Waals surface area contributed by atoms with Crippen molar-refractivity contribution in [3.8, 4) is 5.75 Å². The fraction of sp³-hybridized carbons (Fsp3) is 0.370. The molecule has 1 N–H and O–H groups in total. The molecule has 0 radical (unpaired) electrons. The summed E-state index contributed by atoms with van der Waals surface area (Å²) in [4.78, 5) is 31.2. The second-order valence-corrected chi connectivity index (χ2v) is 10.2. The lowest BCUT2D eigenvalue weighted by molar-refractivity contribution is -0.146. The number of aromatic nitrogens is 1. The molecule has 2 atom stereocenters. The Labute approximate surface area is 216 Å². The molecule has 0 spiro atoms. The second-order valence-electron chi connectivity index (χ2n) is 9.05. The van der Waals surface area contributed by atoms with E-state index in [0.29, 0.717) is 66.5 Å². The average Bonchev–Trinajstić information content (AvgIpc) is 2.89. The lowest BCUT2D eigenvalue weighted by atomic mass is 9.81. The Hall–Kier alpha value is -3.11. The molecule has 4 rings (SSSR count). The van der Waals surface area contributed by atoms with E-state index in [4.69, 9.17) is 4.74 Å². The maximum absolute atomic E-state index is 13.9. The fourth-order valence-electron chi connectivity index (χ4n) is 4.77. The number of benzene rings is 2. The number of nitrogens with zero attached hydrogens (tertiary/aromatic N) is 2. The first-order valence-electron chi connectivity index (χ1n) is 11.9. The van der Waals surface area contributed by atoms with Gasteiger partial charge in [-0.1, -0.05) is 0 Å². The lowest BCUT2D eigenvalue weighted by Gasteiger charge is -2.36. The van der Waals surface area contributed by atoms with Gasteiger partial charge in [0, 0.05) is 53.4 Å². The van der Waals surface area contributed by atoms with Crippen LogP contribution in [-0.4, -0.2) is 59.2 Å². The molecule has 0 amide bonds. The average molecular weight is 533 g/mol. The number of carbonyl (C=O) groups excluding carboxylic acids is 1. The van der Waals surface area contributed by atoms with Crippen molar-refractivity contribution in [2.75, 3.05) is 32.5 Å². The summed E-state index contributed by atoms with van der Waals surface area (Å²) in [7, 11) is 1.55. The van der Waals surface area contributed by atoms with Crippen molar-refractivity contribution in [3.05, 3.63) is 65.6 Å². The number of halogens is 3. The van der Waals surface area contributed by atoms with Gasteiger partial charge in [-0.2, -0.15) is 0 Å². The summed E-state index contributed by atoms with van der Waals surface area (Å²) in [5, 5.41) is 10.5. The molecule has 1 saturated heterocycles. The SMILES string of the molecule is COc1ccc2nccc(C(=O)CC[C@H]3CCN(CCSc4cc(F)cc(F)c4F)C[C@H]3C(=O)O)c2c1. The highest BCUT2D eigenvalue weighted by atomic mass is 32.2. The third-order valence-corrected chi connectivity index (χ3v) is 7.77. The van der Waals surface area contributed by atoms with Crippen LogP contribution >= 0.6 is 11.8 Å². The molecule has 0 saturated carbocycles. The van der Waals surface area contributed by atoms with Gasteiger partial charge < -0.3 is 14.7 Å². The molecule has 37 heavy (non-hydrogen) atoms. The van der Waals surface area contributed by atoms with Crippen molar-refractivity contribution in [2.24, 2.45) is 11.8 Å². The second kappa shape index (κ2) is 12.0. The van der Waals surface area contributed by atoms with Crippen molar-refractivity contribution in [3.63, 3.8) is 0 Å². The van der Waals surface area contributed by atoms with E-state index < -0.39 is 29.3 Å². The number of carboxylic acid groups (broad SMARTS) is 1. The van der Waals surface area contributed by atoms with Gasteiger partial charge in [-0.15, -0.1) is 11.8 Å². The predicted octanol–water partition coefficient (Wildman–Crippen LogP) is 5.44. The van der Waals surface area contributed by atoms with Crippen LogP contribution in [0.5, 0.6) is 5.75 Å². The number of ketones is 1. The zero-order chi connectivity index (χ0) is 26.5. The molecular formula is C27H27F3N2O4S. The number of rotatable bonds is 10. The molecule has 0 unspecified atom stereocenters. The number of carboxylic acids is 1. The van der Waals surface area contributed by atoms with E-state index in [1.807, 2.05) is 4.90 Å². The van der Waals surface area contributed by atoms with Gasteiger partial charge in [-0.25, -0.2) is 13.2 Å². The largest absolute Gasteiger partial charge is 0.497 e. The molecule has 0 aliphatic carbocycles. The first-order valence-corrected chi connectivity index (χ1v) is 12.9. The summed E-state index contributed by atoms with van der Waals surface area (Å²) in [6.45, 7) is 1.37. The van der Waals surface area contributed by atoms with Gasteiger partial charge in [0.05, 0.1) is 18.5 Å². The third kappa shape index (κ3) is 6.42. The highest BCUT2D eigenvalue weighted by molar-refractivity contribution is 7.99. The first kappa shape index (κ1) is 26.9. The number of hydrogen-bond donors (Lipinski definition) is 1. The van der Waals surface area contributed by atoms with E-state index in [9.17, 15) is 27.9 Å². The normalized spacial score (nSPS) is 18.2. The van der Waals surface area contributed by atoms with E-state index in [2.05, 4.69) is 4.98 Å². The number of hydrogen-bond acceptors (Lipinski definition) is 6. The van der Waals surface area contributed by atoms with E-state index in [1.54, 1.807) is 37.6 Å². The lowest BCUT2D eigenvalue weighted by Crippen LogP contribution is -2.44. The number of methoxy groups -OCH3 is 1. The first-order chi connectivity index (χ1) is 17.8. The summed E-state index contributed by atoms with van der Waals surface area (Å²) >= 11 is 0.992. The zero-order valence-electron chi connectivity index (χ0n) is 20.3. The number of thioether (sulfide) groups is 1. The predicted molar refractivity (Wildman–Crippen MR) is 135 cm³/mol. The Bertz CT molecular complexity index is 1310. The minimum Gasteiger partial charge on any atom is -0.497 e. The van der Waals surface area contributed by atoms with Crippen LogP contribution in [0.15, 0.2) is 47.5 Å². The number of ether oxygens (including phenoxy) is 1. The molecule has 1 aliphatic rings. The van der Waals surface area contributed by atoms with Gasteiger partial charge in [-0.05, 0) is 55.6 Å². The third-order valence-electron chi connectivity index (χ3n) is 6.77. The smallest absolute Gasteiger partial charge is 0.308 e. The van der Waals surface area contributed by atoms with Gasteiger partial charge in [0.1, 0.15) is 11.6 Å². The van der Waals surface area contributed by atoms with Crippen LogP contribution in [0.3, 0.4) is 0 Å². The van der Waals surface area contributed by atoms with E-state index in [-0.39, 0.29) is 23.0 Å². The Morgan fingerprint density at radius 1 is 1.19 bits per heavy atom. The molecule has 1 fully saturated rings. The van der Waals surface area contributed by atoms with Crippen LogP contribution in [0.4, 0.5) is 13.2 Å². The Morgan fingerprint density at radius 2 is 2.00 bits per heavy atom. The van der Waals surface area contributed by atoms with Gasteiger partial charge in [-0.3, -0.25) is 14.6 Å². The molecule has 1 aliphatic heterocycles. The van der Waals surface area contributed by atoms with Gasteiger partial charge >= 0.3 is 5.97 Å². The number of pyridine rings is 1. The number of carbonyl (C=O) groups is 2. The molecule has 3 aromatic rings. The highest BCUT2D eigenvalue weighted by Gasteiger charge is 2.34. The maximum atomic E-state index is 13.9. The van der Waals surface area contributed by atoms with Crippen molar-refractivity contribution < 1.29 is 32.6 Å². The number of aliphatic carboxylic acids is 1. The van der Waals surface area contributed by atoms with Crippen molar-refractivity contribution in [1.82, 2.24) is 9.88 Å². The monoisotopic (exact) mass is 532 g/mol. The number of Topliss-reactive ketones (excluding diaryl/α,β-unsaturated/α-hetero) is 1. The summed E-state index contributed by atoms with van der Waals surface area (Å²) in [5.41, 5.74) is 1.22. The van der Waals surface area contributed by atoms with Crippen LogP contribution in [-0.2, 0) is 4.79 Å². The van der Waals surface area contributed by atoms with Crippen molar-refractivity contribution in [1.29, 1.82) is 0 Å². The van der Waals surface area contributed by atoms with Crippen LogP contribution in [0.1, 0.15) is 29.6 Å². The summed E-state index contributed by atoms with van der Waals surface area (Å²) in [5.74, 6) is -4.00. The number of likely N-dealkylation sites (tertiary alicyclic amines) is 1. The standard InChI is InChI=1S/C27H27F3N2O4S/c1-36-18-3-4-23-20(14-18)19(6-8-31-23)24(33)5-2-16-7-9-32(15-21(16)27(34)35)10-11-37-25-13-17(28)12-22(29)26(25)30/h3-4,6,8,12-14,16,21H,2,5,7,9-11,15H2,1H3,(H,34,35)/t16-,21+/m0/s1. The Balaban J connectivity index is 1.34. The molecule has 2 heterocycles. The van der Waals surface area contributed by atoms with E-state index in [1.165, 1.54) is 0 Å². The van der Waals surface area contributed by atoms with E-state index in [0.717, 1.165) is 17.8 Å². The molecular weight excluding hydrogens is 505 g/mol. The van der Waals surface area contributed by atoms with Crippen molar-refractivity contribution >= 4 is 34.4 Å². The molecule has 2 aromatic carbocycles. The van der Waals surface area contributed by atoms with Crippen LogP contribution in [0.25, 0.3) is 10.9 Å². The van der Waals surface area contributed by atoms with Gasteiger partial charge in [0.15, 0.2) is 17.4 Å².